The zero-order valence-electron chi connectivity index (χ0n) is 18.5. The highest BCUT2D eigenvalue weighted by Crippen LogP contribution is 2.66. The Labute approximate surface area is 198 Å². The Morgan fingerprint density at radius 3 is 2.78 bits per heavy atom. The van der Waals surface area contributed by atoms with Crippen LogP contribution in [0.15, 0.2) is 29.3 Å². The first-order chi connectivity index (χ1) is 15.3. The molecular weight excluding hydrogens is 442 g/mol. The van der Waals surface area contributed by atoms with Gasteiger partial charge in [-0.2, -0.15) is 0 Å². The van der Waals surface area contributed by atoms with Gasteiger partial charge in [0.2, 0.25) is 0 Å². The molecule has 0 bridgehead atoms. The smallest absolute Gasteiger partial charge is 0.350 e. The van der Waals surface area contributed by atoms with Crippen molar-refractivity contribution in [1.82, 2.24) is 4.98 Å². The number of carbonyl (C=O) groups excluding carboxylic acids is 3. The number of thiazole rings is 1. The Hall–Kier alpha value is -1.73. The highest BCUT2D eigenvalue weighted by atomic mass is 32.1. The molecule has 0 aliphatic heterocycles. The fourth-order valence-corrected chi connectivity index (χ4v) is 8.50. The molecule has 5 rings (SSSR count). The van der Waals surface area contributed by atoms with E-state index in [0.717, 1.165) is 38.5 Å². The predicted molar refractivity (Wildman–Crippen MR) is 126 cm³/mol. The summed E-state index contributed by atoms with van der Waals surface area (Å²) in [7, 11) is 0. The number of esters is 1. The molecule has 4 aliphatic carbocycles. The second-order valence-corrected chi connectivity index (χ2v) is 11.5. The van der Waals surface area contributed by atoms with E-state index in [4.69, 9.17) is 4.74 Å². The molecule has 0 spiro atoms. The zero-order chi connectivity index (χ0) is 22.7. The molecule has 170 valence electrons. The molecule has 1 aromatic heterocycles. The van der Waals surface area contributed by atoms with Crippen molar-refractivity contribution in [1.29, 1.82) is 0 Å². The molecule has 1 aromatic rings. The van der Waals surface area contributed by atoms with Crippen LogP contribution in [0.3, 0.4) is 0 Å². The van der Waals surface area contributed by atoms with Gasteiger partial charge < -0.3 is 4.74 Å². The first kappa shape index (κ1) is 22.1. The molecule has 32 heavy (non-hydrogen) atoms. The van der Waals surface area contributed by atoms with E-state index in [1.165, 1.54) is 16.9 Å². The third kappa shape index (κ3) is 3.26. The number of allylic oxidation sites excluding steroid dienone is 4. The average Bonchev–Trinajstić information content (AvgIpc) is 3.36. The van der Waals surface area contributed by atoms with Crippen LogP contribution in [-0.2, 0) is 14.3 Å². The van der Waals surface area contributed by atoms with E-state index in [0.29, 0.717) is 28.3 Å². The molecule has 0 amide bonds. The Morgan fingerprint density at radius 2 is 2.06 bits per heavy atom. The largest absolute Gasteiger partial charge is 0.461 e. The molecule has 0 radical (unpaired) electrons. The zero-order valence-corrected chi connectivity index (χ0v) is 20.2. The molecule has 0 N–H and O–H groups in total. The summed E-state index contributed by atoms with van der Waals surface area (Å²) in [6.45, 7) is 4.35. The maximum atomic E-state index is 12.8. The standard InChI is InChI=1S/C25H29NO4S2/c1-14-21(32-13-26-14)22(28)30-12-25-10-8-18-17(19(25)5-6-20(25)23(29)31)4-3-15-11-16(27)7-9-24(15,18)2/h7,9,11,13,17-20H,3-6,8,10,12H2,1-2H3,(H,29,31)/t17-,18+,19+,20-,24+,25-/m1/s1. The monoisotopic (exact) mass is 471 g/mol. The van der Waals surface area contributed by atoms with Crippen LogP contribution < -0.4 is 0 Å². The van der Waals surface area contributed by atoms with E-state index in [2.05, 4.69) is 30.6 Å². The van der Waals surface area contributed by atoms with Gasteiger partial charge in [-0.3, -0.25) is 9.59 Å². The summed E-state index contributed by atoms with van der Waals surface area (Å²) in [5.41, 5.74) is 3.15. The van der Waals surface area contributed by atoms with E-state index in [-0.39, 0.29) is 40.2 Å². The molecule has 3 saturated carbocycles. The number of rotatable bonds is 4. The van der Waals surface area contributed by atoms with Gasteiger partial charge in [-0.1, -0.05) is 18.6 Å². The van der Waals surface area contributed by atoms with Crippen molar-refractivity contribution < 1.29 is 19.1 Å². The number of hydrogen-bond acceptors (Lipinski definition) is 6. The van der Waals surface area contributed by atoms with Crippen molar-refractivity contribution in [2.45, 2.75) is 52.4 Å². The minimum absolute atomic E-state index is 0.0817. The Kier molecular flexibility index (Phi) is 5.48. The lowest BCUT2D eigenvalue weighted by Gasteiger charge is -2.57. The third-order valence-corrected chi connectivity index (χ3v) is 10.2. The maximum Gasteiger partial charge on any atom is 0.350 e. The van der Waals surface area contributed by atoms with Gasteiger partial charge in [0.1, 0.15) is 4.88 Å². The number of ketones is 1. The number of aromatic nitrogens is 1. The van der Waals surface area contributed by atoms with Gasteiger partial charge in [0, 0.05) is 16.7 Å². The van der Waals surface area contributed by atoms with E-state index >= 15 is 0 Å². The third-order valence-electron chi connectivity index (χ3n) is 8.97. The lowest BCUT2D eigenvalue weighted by molar-refractivity contribution is -0.126. The maximum absolute atomic E-state index is 12.8. The SMILES string of the molecule is Cc1ncsc1C(=O)OC[C@]12CC[C@H]3[C@@H](CCC4=CC(=O)C=C[C@@]43C)[C@@H]1CC[C@@H]2C(=O)S. The number of ether oxygens (including phenoxy) is 1. The van der Waals surface area contributed by atoms with Gasteiger partial charge >= 0.3 is 5.97 Å². The van der Waals surface area contributed by atoms with Gasteiger partial charge in [0.15, 0.2) is 10.9 Å². The van der Waals surface area contributed by atoms with Crippen molar-refractivity contribution in [3.05, 3.63) is 39.9 Å². The second-order valence-electron chi connectivity index (χ2n) is 10.2. The number of hydrogen-bond donors (Lipinski definition) is 1. The van der Waals surface area contributed by atoms with Gasteiger partial charge in [0.25, 0.3) is 0 Å². The summed E-state index contributed by atoms with van der Waals surface area (Å²) < 4.78 is 5.89. The molecule has 0 aromatic carbocycles. The number of nitrogens with zero attached hydrogens (tertiary/aromatic N) is 1. The quantitative estimate of drug-likeness (QED) is 0.496. The molecule has 6 atom stereocenters. The fraction of sp³-hybridized carbons (Fsp3) is 0.600. The number of thiol groups is 1. The van der Waals surface area contributed by atoms with E-state index in [1.54, 1.807) is 11.6 Å². The van der Waals surface area contributed by atoms with Crippen LogP contribution in [0.1, 0.15) is 60.8 Å². The Balaban J connectivity index is 1.44. The summed E-state index contributed by atoms with van der Waals surface area (Å²) >= 11 is 5.55. The van der Waals surface area contributed by atoms with Crippen molar-refractivity contribution in [2.24, 2.45) is 34.5 Å². The van der Waals surface area contributed by atoms with Crippen LogP contribution in [0.25, 0.3) is 0 Å². The van der Waals surface area contributed by atoms with Gasteiger partial charge in [-0.05, 0) is 75.4 Å². The number of aryl methyl sites for hydroxylation is 1. The minimum atomic E-state index is -0.347. The molecule has 0 saturated heterocycles. The molecule has 7 heteroatoms. The van der Waals surface area contributed by atoms with Crippen molar-refractivity contribution in [3.63, 3.8) is 0 Å². The minimum Gasteiger partial charge on any atom is -0.461 e. The van der Waals surface area contributed by atoms with E-state index in [1.807, 2.05) is 13.0 Å². The summed E-state index contributed by atoms with van der Waals surface area (Å²) in [6.07, 6.45) is 11.2. The van der Waals surface area contributed by atoms with Crippen LogP contribution >= 0.6 is 24.0 Å². The summed E-state index contributed by atoms with van der Waals surface area (Å²) in [5.74, 6) is 0.783. The van der Waals surface area contributed by atoms with Gasteiger partial charge in [0.05, 0.1) is 17.8 Å². The predicted octanol–water partition coefficient (Wildman–Crippen LogP) is 4.97. The highest BCUT2D eigenvalue weighted by molar-refractivity contribution is 7.96. The Bertz CT molecular complexity index is 1040. The van der Waals surface area contributed by atoms with Crippen molar-refractivity contribution >= 4 is 40.8 Å². The van der Waals surface area contributed by atoms with Crippen LogP contribution in [-0.4, -0.2) is 28.5 Å². The molecule has 3 fully saturated rings. The van der Waals surface area contributed by atoms with E-state index in [9.17, 15) is 14.4 Å². The number of fused-ring (bicyclic) bond motifs is 5. The summed E-state index contributed by atoms with van der Waals surface area (Å²) in [5, 5.41) is -0.0817. The van der Waals surface area contributed by atoms with Crippen LogP contribution in [0, 0.1) is 41.4 Å². The van der Waals surface area contributed by atoms with Crippen molar-refractivity contribution in [2.75, 3.05) is 6.61 Å². The fourth-order valence-electron chi connectivity index (χ4n) is 7.42. The van der Waals surface area contributed by atoms with Crippen LogP contribution in [0.5, 0.6) is 0 Å². The van der Waals surface area contributed by atoms with Crippen LogP contribution in [0.4, 0.5) is 0 Å². The first-order valence-electron chi connectivity index (χ1n) is 11.5. The normalized spacial score (nSPS) is 37.8. The highest BCUT2D eigenvalue weighted by Gasteiger charge is 2.62. The lowest BCUT2D eigenvalue weighted by Crippen LogP contribution is -2.53. The lowest BCUT2D eigenvalue weighted by atomic mass is 9.47. The Morgan fingerprint density at radius 1 is 1.25 bits per heavy atom. The van der Waals surface area contributed by atoms with Gasteiger partial charge in [-0.25, -0.2) is 9.78 Å². The summed E-state index contributed by atoms with van der Waals surface area (Å²) in [4.78, 5) is 42.0. The topological polar surface area (TPSA) is 73.3 Å². The van der Waals surface area contributed by atoms with Gasteiger partial charge in [-0.15, -0.1) is 24.0 Å². The average molecular weight is 472 g/mol. The molecule has 4 aliphatic rings. The van der Waals surface area contributed by atoms with Crippen molar-refractivity contribution in [3.8, 4) is 0 Å². The molecule has 5 nitrogen and oxygen atoms in total. The first-order valence-corrected chi connectivity index (χ1v) is 12.8. The van der Waals surface area contributed by atoms with E-state index < -0.39 is 0 Å². The van der Waals surface area contributed by atoms with Crippen LogP contribution in [0.2, 0.25) is 0 Å². The molecule has 1 heterocycles. The molecular formula is C25H29NO4S2. The second kappa shape index (κ2) is 7.94. The molecule has 0 unspecified atom stereocenters. The summed E-state index contributed by atoms with van der Waals surface area (Å²) in [6, 6.07) is 0. The number of carbonyl (C=O) groups is 3.